The van der Waals surface area contributed by atoms with Crippen molar-refractivity contribution in [1.82, 2.24) is 34.0 Å². The van der Waals surface area contributed by atoms with Crippen LogP contribution in [0.4, 0.5) is 0 Å². The Morgan fingerprint density at radius 3 is 2.62 bits per heavy atom. The van der Waals surface area contributed by atoms with Crippen LogP contribution in [-0.4, -0.2) is 53.0 Å². The minimum absolute atomic E-state index is 0.189. The number of aryl methyl sites for hydroxylation is 1. The standard InChI is InChI=1S/C24H25N7O3/c1-2-30-21-19(22(32)26-24(30)34)16(13-17(25-21)14-6-7-14)23(33)29-11-8-15(9-12-29)20-28-27-18-5-3-4-10-31(18)20/h3-5,10,13-15H,2,6-9,11-12H2,1H3,(H,26,32,34). The Bertz CT molecular complexity index is 1540. The largest absolute Gasteiger partial charge is 0.339 e. The predicted octanol–water partition coefficient (Wildman–Crippen LogP) is 2.04. The summed E-state index contributed by atoms with van der Waals surface area (Å²) in [6.45, 7) is 3.29. The van der Waals surface area contributed by atoms with Gasteiger partial charge in [0.1, 0.15) is 5.82 Å². The number of aromatic amines is 1. The average Bonchev–Trinajstić information content (AvgIpc) is 3.62. The molecule has 1 aliphatic carbocycles. The van der Waals surface area contributed by atoms with E-state index >= 15 is 0 Å². The minimum Gasteiger partial charge on any atom is -0.339 e. The first kappa shape index (κ1) is 20.8. The number of piperidine rings is 1. The molecule has 0 bridgehead atoms. The van der Waals surface area contributed by atoms with E-state index in [0.29, 0.717) is 30.8 Å². The number of hydrogen-bond donors (Lipinski definition) is 1. The van der Waals surface area contributed by atoms with Crippen LogP contribution < -0.4 is 11.2 Å². The molecule has 1 saturated carbocycles. The molecule has 0 radical (unpaired) electrons. The van der Waals surface area contributed by atoms with Crippen molar-refractivity contribution >= 4 is 22.6 Å². The molecule has 6 rings (SSSR count). The Labute approximate surface area is 194 Å². The van der Waals surface area contributed by atoms with Crippen molar-refractivity contribution in [2.24, 2.45) is 0 Å². The van der Waals surface area contributed by atoms with Gasteiger partial charge in [-0.3, -0.25) is 23.5 Å². The molecule has 1 aliphatic heterocycles. The van der Waals surface area contributed by atoms with E-state index in [9.17, 15) is 14.4 Å². The number of aromatic nitrogens is 6. The number of carbonyl (C=O) groups excluding carboxylic acids is 1. The zero-order valence-electron chi connectivity index (χ0n) is 18.9. The van der Waals surface area contributed by atoms with Gasteiger partial charge in [0.05, 0.1) is 10.9 Å². The van der Waals surface area contributed by atoms with Crippen molar-refractivity contribution in [3.05, 3.63) is 68.4 Å². The number of likely N-dealkylation sites (tertiary alicyclic amines) is 1. The van der Waals surface area contributed by atoms with Gasteiger partial charge in [0, 0.05) is 43.4 Å². The monoisotopic (exact) mass is 459 g/mol. The van der Waals surface area contributed by atoms with E-state index in [2.05, 4.69) is 20.2 Å². The molecule has 1 N–H and O–H groups in total. The van der Waals surface area contributed by atoms with Gasteiger partial charge < -0.3 is 4.90 Å². The second kappa shape index (κ2) is 7.89. The van der Waals surface area contributed by atoms with Crippen LogP contribution in [0.3, 0.4) is 0 Å². The van der Waals surface area contributed by atoms with Crippen molar-refractivity contribution in [3.63, 3.8) is 0 Å². The van der Waals surface area contributed by atoms with Crippen molar-refractivity contribution < 1.29 is 4.79 Å². The summed E-state index contributed by atoms with van der Waals surface area (Å²) in [5, 5.41) is 8.84. The molecule has 10 nitrogen and oxygen atoms in total. The molecule has 0 spiro atoms. The Morgan fingerprint density at radius 2 is 1.88 bits per heavy atom. The predicted molar refractivity (Wildman–Crippen MR) is 125 cm³/mol. The van der Waals surface area contributed by atoms with Crippen LogP contribution in [0.2, 0.25) is 0 Å². The highest BCUT2D eigenvalue weighted by Gasteiger charge is 2.32. The fraction of sp³-hybridized carbons (Fsp3) is 0.417. The number of nitrogens with zero attached hydrogens (tertiary/aromatic N) is 6. The zero-order chi connectivity index (χ0) is 23.4. The van der Waals surface area contributed by atoms with E-state index in [1.807, 2.05) is 35.7 Å². The third kappa shape index (κ3) is 3.32. The molecule has 10 heteroatoms. The van der Waals surface area contributed by atoms with E-state index in [4.69, 9.17) is 0 Å². The fourth-order valence-corrected chi connectivity index (χ4v) is 4.99. The fourth-order valence-electron chi connectivity index (χ4n) is 4.99. The lowest BCUT2D eigenvalue weighted by atomic mass is 9.95. The molecule has 2 aliphatic rings. The normalized spacial score (nSPS) is 17.0. The molecule has 0 unspecified atom stereocenters. The second-order valence-corrected chi connectivity index (χ2v) is 9.12. The Balaban J connectivity index is 1.34. The summed E-state index contributed by atoms with van der Waals surface area (Å²) < 4.78 is 3.44. The van der Waals surface area contributed by atoms with Crippen LogP contribution in [0.1, 0.15) is 66.3 Å². The molecule has 0 aromatic carbocycles. The number of fused-ring (bicyclic) bond motifs is 2. The molecule has 2 fully saturated rings. The number of carbonyl (C=O) groups is 1. The number of amides is 1. The summed E-state index contributed by atoms with van der Waals surface area (Å²) in [5.41, 5.74) is 1.17. The maximum absolute atomic E-state index is 13.7. The molecular formula is C24H25N7O3. The molecule has 1 saturated heterocycles. The number of pyridine rings is 2. The number of rotatable bonds is 4. The second-order valence-electron chi connectivity index (χ2n) is 9.12. The van der Waals surface area contributed by atoms with E-state index in [-0.39, 0.29) is 23.1 Å². The highest BCUT2D eigenvalue weighted by atomic mass is 16.2. The first-order valence-corrected chi connectivity index (χ1v) is 11.8. The van der Waals surface area contributed by atoms with Gasteiger partial charge in [-0.15, -0.1) is 10.2 Å². The Morgan fingerprint density at radius 1 is 1.09 bits per heavy atom. The molecule has 4 aromatic rings. The van der Waals surface area contributed by atoms with Crippen LogP contribution >= 0.6 is 0 Å². The number of H-pyrrole nitrogens is 1. The third-order valence-electron chi connectivity index (χ3n) is 7.00. The summed E-state index contributed by atoms with van der Waals surface area (Å²) >= 11 is 0. The van der Waals surface area contributed by atoms with Gasteiger partial charge in [-0.2, -0.15) is 0 Å². The van der Waals surface area contributed by atoms with Crippen LogP contribution in [0, 0.1) is 0 Å². The third-order valence-corrected chi connectivity index (χ3v) is 7.00. The summed E-state index contributed by atoms with van der Waals surface area (Å²) in [4.78, 5) is 47.7. The van der Waals surface area contributed by atoms with Gasteiger partial charge in [-0.05, 0) is 50.8 Å². The molecule has 5 heterocycles. The summed E-state index contributed by atoms with van der Waals surface area (Å²) in [6, 6.07) is 7.58. The lowest BCUT2D eigenvalue weighted by Crippen LogP contribution is -2.39. The summed E-state index contributed by atoms with van der Waals surface area (Å²) in [5.74, 6) is 1.20. The molecule has 34 heavy (non-hydrogen) atoms. The van der Waals surface area contributed by atoms with Crippen molar-refractivity contribution in [2.45, 2.75) is 51.0 Å². The van der Waals surface area contributed by atoms with Crippen LogP contribution in [0.25, 0.3) is 16.7 Å². The molecule has 174 valence electrons. The van der Waals surface area contributed by atoms with E-state index < -0.39 is 11.2 Å². The first-order valence-electron chi connectivity index (χ1n) is 11.8. The van der Waals surface area contributed by atoms with Crippen LogP contribution in [0.5, 0.6) is 0 Å². The van der Waals surface area contributed by atoms with Crippen LogP contribution in [-0.2, 0) is 6.54 Å². The minimum atomic E-state index is -0.562. The van der Waals surface area contributed by atoms with Crippen molar-refractivity contribution in [2.75, 3.05) is 13.1 Å². The molecule has 4 aromatic heterocycles. The summed E-state index contributed by atoms with van der Waals surface area (Å²) in [6.07, 6.45) is 5.49. The maximum Gasteiger partial charge on any atom is 0.329 e. The SMILES string of the molecule is CCn1c(=O)[nH]c(=O)c2c(C(=O)N3CCC(c4nnc5ccccn45)CC3)cc(C3CC3)nc21. The van der Waals surface area contributed by atoms with Gasteiger partial charge in [-0.1, -0.05) is 6.07 Å². The van der Waals surface area contributed by atoms with Gasteiger partial charge in [0.2, 0.25) is 0 Å². The first-order chi connectivity index (χ1) is 16.5. The molecular weight excluding hydrogens is 434 g/mol. The van der Waals surface area contributed by atoms with Gasteiger partial charge in [0.25, 0.3) is 11.5 Å². The quantitative estimate of drug-likeness (QED) is 0.499. The Kier molecular flexibility index (Phi) is 4.82. The highest BCUT2D eigenvalue weighted by Crippen LogP contribution is 2.40. The topological polar surface area (TPSA) is 118 Å². The van der Waals surface area contributed by atoms with E-state index in [1.165, 1.54) is 4.57 Å². The smallest absolute Gasteiger partial charge is 0.329 e. The van der Waals surface area contributed by atoms with Crippen molar-refractivity contribution in [1.29, 1.82) is 0 Å². The molecule has 1 amide bonds. The highest BCUT2D eigenvalue weighted by molar-refractivity contribution is 6.05. The van der Waals surface area contributed by atoms with E-state index in [1.54, 1.807) is 11.0 Å². The number of hydrogen-bond acceptors (Lipinski definition) is 6. The zero-order valence-corrected chi connectivity index (χ0v) is 18.9. The van der Waals surface area contributed by atoms with Crippen molar-refractivity contribution in [3.8, 4) is 0 Å². The maximum atomic E-state index is 13.7. The van der Waals surface area contributed by atoms with Gasteiger partial charge in [-0.25, -0.2) is 9.78 Å². The van der Waals surface area contributed by atoms with Gasteiger partial charge in [0.15, 0.2) is 11.3 Å². The summed E-state index contributed by atoms with van der Waals surface area (Å²) in [7, 11) is 0. The molecule has 0 atom stereocenters. The lowest BCUT2D eigenvalue weighted by molar-refractivity contribution is 0.0712. The average molecular weight is 460 g/mol. The van der Waals surface area contributed by atoms with Gasteiger partial charge >= 0.3 is 5.69 Å². The van der Waals surface area contributed by atoms with Crippen LogP contribution in [0.15, 0.2) is 40.1 Å². The number of nitrogens with one attached hydrogen (secondary N) is 1. The Hall–Kier alpha value is -3.82. The lowest BCUT2D eigenvalue weighted by Gasteiger charge is -2.31. The van der Waals surface area contributed by atoms with E-state index in [0.717, 1.165) is 42.8 Å².